The van der Waals surface area contributed by atoms with Crippen LogP contribution in [-0.4, -0.2) is 24.7 Å². The second kappa shape index (κ2) is 16.4. The van der Waals surface area contributed by atoms with E-state index in [4.69, 9.17) is 4.74 Å². The SMILES string of the molecule is CCCC(CC)(C(=O)NCCC(CC)(CC)CCC(CC)(CC)OCCC(C)(CC)C(C)C)C(C)C. The van der Waals surface area contributed by atoms with Crippen molar-refractivity contribution in [3.63, 3.8) is 0 Å². The number of ether oxygens (including phenoxy) is 1. The third-order valence-corrected chi connectivity index (χ3v) is 11.0. The molecule has 1 amide bonds. The Kier molecular flexibility index (Phi) is 16.1. The Labute approximate surface area is 227 Å². The van der Waals surface area contributed by atoms with Gasteiger partial charge in [-0.15, -0.1) is 0 Å². The van der Waals surface area contributed by atoms with Gasteiger partial charge in [-0.1, -0.05) is 109 Å². The summed E-state index contributed by atoms with van der Waals surface area (Å²) in [6.45, 7) is 29.1. The van der Waals surface area contributed by atoms with Crippen LogP contribution in [0.1, 0.15) is 160 Å². The summed E-state index contributed by atoms with van der Waals surface area (Å²) in [4.78, 5) is 13.3. The Morgan fingerprint density at radius 1 is 0.694 bits per heavy atom. The maximum atomic E-state index is 13.3. The summed E-state index contributed by atoms with van der Waals surface area (Å²) >= 11 is 0. The molecule has 3 heteroatoms. The third kappa shape index (κ3) is 9.32. The molecule has 216 valence electrons. The Balaban J connectivity index is 5.28. The molecule has 0 aliphatic carbocycles. The number of hydrogen-bond acceptors (Lipinski definition) is 2. The van der Waals surface area contributed by atoms with Crippen molar-refractivity contribution in [2.45, 2.75) is 166 Å². The van der Waals surface area contributed by atoms with Gasteiger partial charge < -0.3 is 10.1 Å². The quantitative estimate of drug-likeness (QED) is 0.167. The lowest BCUT2D eigenvalue weighted by Crippen LogP contribution is -2.45. The number of amides is 1. The van der Waals surface area contributed by atoms with E-state index < -0.39 is 0 Å². The average molecular weight is 510 g/mol. The molecule has 0 radical (unpaired) electrons. The molecule has 3 nitrogen and oxygen atoms in total. The molecule has 0 aromatic rings. The van der Waals surface area contributed by atoms with Crippen LogP contribution in [0.25, 0.3) is 0 Å². The molecule has 0 rings (SSSR count). The van der Waals surface area contributed by atoms with Gasteiger partial charge in [-0.25, -0.2) is 0 Å². The third-order valence-electron chi connectivity index (χ3n) is 11.0. The number of hydrogen-bond donors (Lipinski definition) is 1. The minimum Gasteiger partial charge on any atom is -0.375 e. The highest BCUT2D eigenvalue weighted by molar-refractivity contribution is 5.82. The largest absolute Gasteiger partial charge is 0.375 e. The van der Waals surface area contributed by atoms with Crippen LogP contribution in [0.4, 0.5) is 0 Å². The minimum atomic E-state index is -0.230. The highest BCUT2D eigenvalue weighted by Crippen LogP contribution is 2.42. The van der Waals surface area contributed by atoms with Gasteiger partial charge in [0.2, 0.25) is 5.91 Å². The fraction of sp³-hybridized carbons (Fsp3) is 0.970. The Morgan fingerprint density at radius 3 is 1.67 bits per heavy atom. The first-order valence-electron chi connectivity index (χ1n) is 15.8. The molecule has 0 fully saturated rings. The van der Waals surface area contributed by atoms with Crippen molar-refractivity contribution in [3.05, 3.63) is 0 Å². The van der Waals surface area contributed by atoms with Crippen LogP contribution in [0.2, 0.25) is 0 Å². The molecule has 36 heavy (non-hydrogen) atoms. The molecule has 0 aromatic carbocycles. The highest BCUT2D eigenvalue weighted by Gasteiger charge is 2.39. The molecule has 2 unspecified atom stereocenters. The van der Waals surface area contributed by atoms with Crippen molar-refractivity contribution < 1.29 is 9.53 Å². The van der Waals surface area contributed by atoms with Crippen molar-refractivity contribution in [1.82, 2.24) is 5.32 Å². The number of carbonyl (C=O) groups excluding carboxylic acids is 1. The monoisotopic (exact) mass is 510 g/mol. The normalized spacial score (nSPS) is 16.3. The van der Waals surface area contributed by atoms with Crippen molar-refractivity contribution in [2.24, 2.45) is 28.1 Å². The van der Waals surface area contributed by atoms with Crippen LogP contribution < -0.4 is 5.32 Å². The Morgan fingerprint density at radius 2 is 1.28 bits per heavy atom. The fourth-order valence-electron chi connectivity index (χ4n) is 6.30. The smallest absolute Gasteiger partial charge is 0.226 e. The van der Waals surface area contributed by atoms with E-state index in [-0.39, 0.29) is 22.3 Å². The summed E-state index contributed by atoms with van der Waals surface area (Å²) < 4.78 is 6.75. The predicted molar refractivity (Wildman–Crippen MR) is 159 cm³/mol. The summed E-state index contributed by atoms with van der Waals surface area (Å²) in [5.74, 6) is 1.31. The molecule has 0 spiro atoms. The molecule has 0 aliphatic heterocycles. The topological polar surface area (TPSA) is 38.3 Å². The van der Waals surface area contributed by atoms with E-state index in [1.54, 1.807) is 0 Å². The Bertz CT molecular complexity index is 590. The van der Waals surface area contributed by atoms with E-state index in [1.165, 1.54) is 12.8 Å². The average Bonchev–Trinajstić information content (AvgIpc) is 2.87. The maximum absolute atomic E-state index is 13.3. The van der Waals surface area contributed by atoms with Crippen LogP contribution in [0.3, 0.4) is 0 Å². The van der Waals surface area contributed by atoms with Crippen LogP contribution >= 0.6 is 0 Å². The van der Waals surface area contributed by atoms with Crippen LogP contribution in [0.5, 0.6) is 0 Å². The molecule has 0 aromatic heterocycles. The first-order chi connectivity index (χ1) is 16.9. The van der Waals surface area contributed by atoms with Gasteiger partial charge in [0.15, 0.2) is 0 Å². The van der Waals surface area contributed by atoms with Gasteiger partial charge in [-0.05, 0) is 74.0 Å². The van der Waals surface area contributed by atoms with Crippen LogP contribution in [-0.2, 0) is 9.53 Å². The molecule has 0 saturated carbocycles. The number of nitrogens with one attached hydrogen (secondary N) is 1. The highest BCUT2D eigenvalue weighted by atomic mass is 16.5. The van der Waals surface area contributed by atoms with Gasteiger partial charge in [0.1, 0.15) is 0 Å². The molecule has 0 heterocycles. The first-order valence-corrected chi connectivity index (χ1v) is 15.8. The van der Waals surface area contributed by atoms with Gasteiger partial charge in [0, 0.05) is 13.2 Å². The van der Waals surface area contributed by atoms with Gasteiger partial charge in [-0.3, -0.25) is 4.79 Å². The van der Waals surface area contributed by atoms with E-state index in [2.05, 4.69) is 88.4 Å². The molecule has 0 aliphatic rings. The van der Waals surface area contributed by atoms with E-state index in [0.29, 0.717) is 17.3 Å². The van der Waals surface area contributed by atoms with E-state index in [0.717, 1.165) is 77.4 Å². The summed E-state index contributed by atoms with van der Waals surface area (Å²) in [6.07, 6.45) is 13.1. The molecular weight excluding hydrogens is 442 g/mol. The number of rotatable bonds is 21. The molecular formula is C33H67NO2. The van der Waals surface area contributed by atoms with Gasteiger partial charge in [0.05, 0.1) is 11.0 Å². The zero-order valence-corrected chi connectivity index (χ0v) is 26.9. The summed E-state index contributed by atoms with van der Waals surface area (Å²) in [6, 6.07) is 0. The minimum absolute atomic E-state index is 0.0272. The lowest BCUT2D eigenvalue weighted by atomic mass is 9.70. The van der Waals surface area contributed by atoms with Crippen LogP contribution in [0, 0.1) is 28.1 Å². The van der Waals surface area contributed by atoms with Crippen molar-refractivity contribution in [1.29, 1.82) is 0 Å². The zero-order chi connectivity index (χ0) is 28.0. The van der Waals surface area contributed by atoms with E-state index >= 15 is 0 Å². The van der Waals surface area contributed by atoms with E-state index in [9.17, 15) is 4.79 Å². The van der Waals surface area contributed by atoms with Crippen molar-refractivity contribution in [3.8, 4) is 0 Å². The Hall–Kier alpha value is -0.570. The van der Waals surface area contributed by atoms with Gasteiger partial charge in [0.25, 0.3) is 0 Å². The van der Waals surface area contributed by atoms with Crippen molar-refractivity contribution in [2.75, 3.05) is 13.2 Å². The summed E-state index contributed by atoms with van der Waals surface area (Å²) in [5, 5.41) is 3.39. The second-order valence-electron chi connectivity index (χ2n) is 12.8. The standard InChI is InChI=1S/C33H67NO2/c1-13-20-33(19-7,28(10)11)29(35)34-25-23-31(15-3,16-4)21-22-32(17-5,18-6)36-26-24-30(12,14-2)27(8)9/h27-28H,13-26H2,1-12H3,(H,34,35). The number of carbonyl (C=O) groups is 1. The lowest BCUT2D eigenvalue weighted by molar-refractivity contribution is -0.134. The zero-order valence-electron chi connectivity index (χ0n) is 26.9. The lowest BCUT2D eigenvalue weighted by Gasteiger charge is -2.40. The second-order valence-corrected chi connectivity index (χ2v) is 12.8. The molecule has 0 bridgehead atoms. The fourth-order valence-corrected chi connectivity index (χ4v) is 6.30. The first kappa shape index (κ1) is 35.4. The predicted octanol–water partition coefficient (Wildman–Crippen LogP) is 9.97. The van der Waals surface area contributed by atoms with E-state index in [1.807, 2.05) is 0 Å². The molecule has 0 saturated heterocycles. The van der Waals surface area contributed by atoms with Crippen LogP contribution in [0.15, 0.2) is 0 Å². The summed E-state index contributed by atoms with van der Waals surface area (Å²) in [7, 11) is 0. The van der Waals surface area contributed by atoms with Gasteiger partial charge in [-0.2, -0.15) is 0 Å². The maximum Gasteiger partial charge on any atom is 0.226 e. The molecule has 1 N–H and O–H groups in total. The van der Waals surface area contributed by atoms with Crippen molar-refractivity contribution >= 4 is 5.91 Å². The van der Waals surface area contributed by atoms with Gasteiger partial charge >= 0.3 is 0 Å². The summed E-state index contributed by atoms with van der Waals surface area (Å²) in [5.41, 5.74) is 0.357. The molecule has 2 atom stereocenters.